The van der Waals surface area contributed by atoms with Gasteiger partial charge in [0.05, 0.1) is 13.7 Å². The Kier molecular flexibility index (Phi) is 9.93. The molecule has 7 heteroatoms. The van der Waals surface area contributed by atoms with E-state index in [1.807, 2.05) is 13.0 Å². The van der Waals surface area contributed by atoms with Gasteiger partial charge in [-0.1, -0.05) is 18.2 Å². The third kappa shape index (κ3) is 7.15. The molecular weight excluding hydrogens is 451 g/mol. The average Bonchev–Trinajstić information content (AvgIpc) is 2.60. The fourth-order valence-electron chi connectivity index (χ4n) is 2.34. The number of halogens is 3. The molecule has 0 spiro atoms. The van der Waals surface area contributed by atoms with Crippen LogP contribution in [0.25, 0.3) is 0 Å². The van der Waals surface area contributed by atoms with Crippen LogP contribution in [0.2, 0.25) is 0 Å². The van der Waals surface area contributed by atoms with Crippen LogP contribution in [0.4, 0.5) is 8.78 Å². The van der Waals surface area contributed by atoms with Crippen LogP contribution in [0.5, 0.6) is 5.75 Å². The summed E-state index contributed by atoms with van der Waals surface area (Å²) < 4.78 is 31.8. The second-order valence-electron chi connectivity index (χ2n) is 5.47. The summed E-state index contributed by atoms with van der Waals surface area (Å²) in [5.74, 6) is 0.210. The molecular formula is C19H24F2IN3O. The third-order valence-electron chi connectivity index (χ3n) is 3.58. The van der Waals surface area contributed by atoms with E-state index in [0.29, 0.717) is 32.0 Å². The summed E-state index contributed by atoms with van der Waals surface area (Å²) in [7, 11) is 1.43. The van der Waals surface area contributed by atoms with Crippen LogP contribution >= 0.6 is 24.0 Å². The maximum atomic E-state index is 13.7. The first-order valence-corrected chi connectivity index (χ1v) is 8.21. The summed E-state index contributed by atoms with van der Waals surface area (Å²) in [6.45, 7) is 3.64. The molecule has 2 aromatic carbocycles. The van der Waals surface area contributed by atoms with Crippen molar-refractivity contribution >= 4 is 29.9 Å². The minimum atomic E-state index is -0.403. The summed E-state index contributed by atoms with van der Waals surface area (Å²) in [4.78, 5) is 4.44. The molecule has 0 aliphatic rings. The molecule has 26 heavy (non-hydrogen) atoms. The lowest BCUT2D eigenvalue weighted by molar-refractivity contribution is 0.386. The molecule has 0 fully saturated rings. The minimum absolute atomic E-state index is 0. The lowest BCUT2D eigenvalue weighted by Crippen LogP contribution is -2.38. The van der Waals surface area contributed by atoms with E-state index in [1.165, 1.54) is 25.3 Å². The number of guanidine groups is 1. The monoisotopic (exact) mass is 475 g/mol. The van der Waals surface area contributed by atoms with Crippen molar-refractivity contribution in [3.63, 3.8) is 0 Å². The van der Waals surface area contributed by atoms with Gasteiger partial charge < -0.3 is 15.4 Å². The van der Waals surface area contributed by atoms with E-state index < -0.39 is 5.82 Å². The van der Waals surface area contributed by atoms with E-state index in [1.54, 1.807) is 18.2 Å². The zero-order valence-electron chi connectivity index (χ0n) is 14.9. The summed E-state index contributed by atoms with van der Waals surface area (Å²) in [6, 6.07) is 11.3. The molecule has 0 bridgehead atoms. The molecule has 0 saturated heterocycles. The maximum Gasteiger partial charge on any atom is 0.191 e. The van der Waals surface area contributed by atoms with Crippen molar-refractivity contribution in [2.75, 3.05) is 20.2 Å². The van der Waals surface area contributed by atoms with E-state index in [0.717, 1.165) is 11.1 Å². The topological polar surface area (TPSA) is 45.7 Å². The first kappa shape index (κ1) is 22.1. The van der Waals surface area contributed by atoms with Crippen molar-refractivity contribution in [3.05, 3.63) is 65.2 Å². The van der Waals surface area contributed by atoms with Gasteiger partial charge in [0.1, 0.15) is 5.82 Å². The van der Waals surface area contributed by atoms with Gasteiger partial charge in [0, 0.05) is 13.1 Å². The van der Waals surface area contributed by atoms with Crippen LogP contribution in [0.15, 0.2) is 47.5 Å². The molecule has 0 atom stereocenters. The van der Waals surface area contributed by atoms with Gasteiger partial charge in [0.25, 0.3) is 0 Å². The quantitative estimate of drug-likeness (QED) is 0.363. The molecule has 0 heterocycles. The van der Waals surface area contributed by atoms with Crippen LogP contribution in [-0.2, 0) is 13.0 Å². The molecule has 2 aromatic rings. The van der Waals surface area contributed by atoms with Crippen LogP contribution in [0, 0.1) is 11.6 Å². The lowest BCUT2D eigenvalue weighted by atomic mass is 10.1. The highest BCUT2D eigenvalue weighted by Crippen LogP contribution is 2.18. The Bertz CT molecular complexity index is 726. The van der Waals surface area contributed by atoms with Crippen molar-refractivity contribution in [1.82, 2.24) is 10.6 Å². The van der Waals surface area contributed by atoms with Gasteiger partial charge in [-0.3, -0.25) is 0 Å². The molecule has 2 N–H and O–H groups in total. The zero-order chi connectivity index (χ0) is 18.1. The molecule has 0 radical (unpaired) electrons. The highest BCUT2D eigenvalue weighted by atomic mass is 127. The second kappa shape index (κ2) is 11.7. The van der Waals surface area contributed by atoms with E-state index >= 15 is 0 Å². The largest absolute Gasteiger partial charge is 0.494 e. The molecule has 0 aliphatic carbocycles. The second-order valence-corrected chi connectivity index (χ2v) is 5.47. The number of hydrogen-bond donors (Lipinski definition) is 2. The number of nitrogens with one attached hydrogen (secondary N) is 2. The van der Waals surface area contributed by atoms with Gasteiger partial charge in [-0.05, 0) is 48.7 Å². The van der Waals surface area contributed by atoms with Gasteiger partial charge in [-0.2, -0.15) is 0 Å². The minimum Gasteiger partial charge on any atom is -0.494 e. The van der Waals surface area contributed by atoms with Crippen LogP contribution in [-0.4, -0.2) is 26.2 Å². The van der Waals surface area contributed by atoms with Gasteiger partial charge in [-0.15, -0.1) is 24.0 Å². The average molecular weight is 475 g/mol. The summed E-state index contributed by atoms with van der Waals surface area (Å²) in [5.41, 5.74) is 1.67. The SMILES string of the molecule is CCNC(=NCc1ccc(OC)c(F)c1)NCCc1cccc(F)c1.I. The first-order valence-electron chi connectivity index (χ1n) is 8.21. The highest BCUT2D eigenvalue weighted by molar-refractivity contribution is 14.0. The van der Waals surface area contributed by atoms with Gasteiger partial charge in [0.2, 0.25) is 0 Å². The number of hydrogen-bond acceptors (Lipinski definition) is 2. The fourth-order valence-corrected chi connectivity index (χ4v) is 2.34. The fraction of sp³-hybridized carbons (Fsp3) is 0.316. The third-order valence-corrected chi connectivity index (χ3v) is 3.58. The normalized spacial score (nSPS) is 10.8. The highest BCUT2D eigenvalue weighted by Gasteiger charge is 2.04. The maximum absolute atomic E-state index is 13.7. The molecule has 142 valence electrons. The lowest BCUT2D eigenvalue weighted by Gasteiger charge is -2.11. The Hall–Kier alpha value is -1.90. The van der Waals surface area contributed by atoms with E-state index in [2.05, 4.69) is 15.6 Å². The molecule has 0 unspecified atom stereocenters. The summed E-state index contributed by atoms with van der Waals surface area (Å²) in [6.07, 6.45) is 0.680. The number of ether oxygens (including phenoxy) is 1. The van der Waals surface area contributed by atoms with Crippen molar-refractivity contribution in [3.8, 4) is 5.75 Å². The Morgan fingerprint density at radius 2 is 1.88 bits per heavy atom. The van der Waals surface area contributed by atoms with Crippen LogP contribution in [0.3, 0.4) is 0 Å². The zero-order valence-corrected chi connectivity index (χ0v) is 17.2. The van der Waals surface area contributed by atoms with E-state index in [-0.39, 0.29) is 35.5 Å². The smallest absolute Gasteiger partial charge is 0.191 e. The van der Waals surface area contributed by atoms with Crippen molar-refractivity contribution in [2.24, 2.45) is 4.99 Å². The van der Waals surface area contributed by atoms with Crippen LogP contribution < -0.4 is 15.4 Å². The number of benzene rings is 2. The molecule has 0 aliphatic heterocycles. The number of rotatable bonds is 7. The molecule has 0 aromatic heterocycles. The van der Waals surface area contributed by atoms with Gasteiger partial charge >= 0.3 is 0 Å². The Morgan fingerprint density at radius 1 is 1.08 bits per heavy atom. The molecule has 0 amide bonds. The Balaban J connectivity index is 0.00000338. The van der Waals surface area contributed by atoms with Gasteiger partial charge in [-0.25, -0.2) is 13.8 Å². The van der Waals surface area contributed by atoms with E-state index in [4.69, 9.17) is 4.74 Å². The number of aliphatic imine (C=N–C) groups is 1. The molecule has 0 saturated carbocycles. The Morgan fingerprint density at radius 3 is 2.54 bits per heavy atom. The first-order chi connectivity index (χ1) is 12.1. The molecule has 2 rings (SSSR count). The summed E-state index contributed by atoms with van der Waals surface area (Å²) >= 11 is 0. The van der Waals surface area contributed by atoms with Crippen molar-refractivity contribution in [1.29, 1.82) is 0 Å². The van der Waals surface area contributed by atoms with Crippen molar-refractivity contribution < 1.29 is 13.5 Å². The predicted molar refractivity (Wildman–Crippen MR) is 111 cm³/mol. The number of methoxy groups -OCH3 is 1. The standard InChI is InChI=1S/C19H23F2N3O.HI/c1-3-22-19(23-10-9-14-5-4-6-16(20)11-14)24-13-15-7-8-18(25-2)17(21)12-15;/h4-8,11-12H,3,9-10,13H2,1-2H3,(H2,22,23,24);1H. The van der Waals surface area contributed by atoms with Crippen molar-refractivity contribution in [2.45, 2.75) is 19.9 Å². The summed E-state index contributed by atoms with van der Waals surface area (Å²) in [5, 5.41) is 6.33. The van der Waals surface area contributed by atoms with Crippen LogP contribution in [0.1, 0.15) is 18.1 Å². The number of nitrogens with zero attached hydrogens (tertiary/aromatic N) is 1. The predicted octanol–water partition coefficient (Wildman–Crippen LogP) is 3.89. The Labute approximate surface area is 170 Å². The van der Waals surface area contributed by atoms with E-state index in [9.17, 15) is 8.78 Å². The van der Waals surface area contributed by atoms with Gasteiger partial charge in [0.15, 0.2) is 17.5 Å². The molecule has 4 nitrogen and oxygen atoms in total.